The predicted molar refractivity (Wildman–Crippen MR) is 79.3 cm³/mol. The molecule has 2 atom stereocenters. The first-order valence-corrected chi connectivity index (χ1v) is 8.04. The number of nitrogens with zero attached hydrogens (tertiary/aromatic N) is 3. The molecule has 0 aromatic carbocycles. The molecule has 4 heteroatoms. The van der Waals surface area contributed by atoms with Crippen LogP contribution < -0.4 is 5.73 Å². The Morgan fingerprint density at radius 2 is 2.00 bits per heavy atom. The van der Waals surface area contributed by atoms with Crippen molar-refractivity contribution in [1.82, 2.24) is 14.7 Å². The van der Waals surface area contributed by atoms with Crippen LogP contribution in [0.3, 0.4) is 0 Å². The normalized spacial score (nSPS) is 39.6. The Balaban J connectivity index is 1.73. The third kappa shape index (κ3) is 2.68. The molecule has 2 saturated heterocycles. The fraction of sp³-hybridized carbons (Fsp3) is 1.00. The van der Waals surface area contributed by atoms with Crippen LogP contribution in [0.4, 0.5) is 0 Å². The highest BCUT2D eigenvalue weighted by Crippen LogP contribution is 2.37. The van der Waals surface area contributed by atoms with Gasteiger partial charge in [-0.3, -0.25) is 9.80 Å². The standard InChI is InChI=1S/C15H30N4/c1-13-10-17(2)7-3-8-19(13)15(11-16)6-9-18(12-15)14-4-5-14/h13-14H,3-12,16H2,1-2H3. The Morgan fingerprint density at radius 3 is 2.68 bits per heavy atom. The van der Waals surface area contributed by atoms with Crippen LogP contribution in [-0.2, 0) is 0 Å². The van der Waals surface area contributed by atoms with Gasteiger partial charge in [0.1, 0.15) is 0 Å². The summed E-state index contributed by atoms with van der Waals surface area (Å²) >= 11 is 0. The highest BCUT2D eigenvalue weighted by atomic mass is 15.3. The molecule has 0 bridgehead atoms. The molecule has 0 aromatic rings. The second-order valence-corrected chi connectivity index (χ2v) is 7.04. The summed E-state index contributed by atoms with van der Waals surface area (Å²) in [7, 11) is 2.25. The Kier molecular flexibility index (Phi) is 3.87. The zero-order valence-electron chi connectivity index (χ0n) is 12.6. The van der Waals surface area contributed by atoms with Crippen LogP contribution in [0.15, 0.2) is 0 Å². The summed E-state index contributed by atoms with van der Waals surface area (Å²) in [6.45, 7) is 9.33. The van der Waals surface area contributed by atoms with Gasteiger partial charge in [-0.25, -0.2) is 0 Å². The van der Waals surface area contributed by atoms with Gasteiger partial charge >= 0.3 is 0 Å². The van der Waals surface area contributed by atoms with Gasteiger partial charge in [0.2, 0.25) is 0 Å². The van der Waals surface area contributed by atoms with E-state index in [2.05, 4.69) is 28.7 Å². The first kappa shape index (κ1) is 13.8. The van der Waals surface area contributed by atoms with E-state index in [0.29, 0.717) is 6.04 Å². The second-order valence-electron chi connectivity index (χ2n) is 7.04. The fourth-order valence-corrected chi connectivity index (χ4v) is 4.23. The minimum Gasteiger partial charge on any atom is -0.329 e. The van der Waals surface area contributed by atoms with Crippen molar-refractivity contribution in [3.8, 4) is 0 Å². The van der Waals surface area contributed by atoms with Crippen molar-refractivity contribution in [2.45, 2.75) is 50.2 Å². The van der Waals surface area contributed by atoms with E-state index in [-0.39, 0.29) is 5.54 Å². The molecule has 0 aromatic heterocycles. The number of likely N-dealkylation sites (tertiary alicyclic amines) is 1. The smallest absolute Gasteiger partial charge is 0.0474 e. The van der Waals surface area contributed by atoms with Crippen molar-refractivity contribution < 1.29 is 0 Å². The van der Waals surface area contributed by atoms with E-state index < -0.39 is 0 Å². The average Bonchev–Trinajstić information content (AvgIpc) is 3.17. The quantitative estimate of drug-likeness (QED) is 0.810. The second kappa shape index (κ2) is 5.32. The maximum atomic E-state index is 6.25. The van der Waals surface area contributed by atoms with Crippen LogP contribution in [0.1, 0.15) is 32.6 Å². The van der Waals surface area contributed by atoms with Gasteiger partial charge in [0.25, 0.3) is 0 Å². The molecule has 2 heterocycles. The van der Waals surface area contributed by atoms with E-state index in [1.807, 2.05) is 0 Å². The van der Waals surface area contributed by atoms with Crippen LogP contribution >= 0.6 is 0 Å². The van der Waals surface area contributed by atoms with E-state index in [0.717, 1.165) is 12.6 Å². The van der Waals surface area contributed by atoms with Crippen LogP contribution in [-0.4, -0.2) is 78.6 Å². The Morgan fingerprint density at radius 1 is 1.21 bits per heavy atom. The summed E-state index contributed by atoms with van der Waals surface area (Å²) in [5.41, 5.74) is 6.51. The molecule has 19 heavy (non-hydrogen) atoms. The molecule has 1 saturated carbocycles. The minimum atomic E-state index is 0.257. The van der Waals surface area contributed by atoms with Crippen molar-refractivity contribution in [2.75, 3.05) is 46.3 Å². The summed E-state index contributed by atoms with van der Waals surface area (Å²) in [6, 6.07) is 1.52. The van der Waals surface area contributed by atoms with Crippen molar-refractivity contribution in [2.24, 2.45) is 5.73 Å². The zero-order chi connectivity index (χ0) is 13.5. The molecule has 2 aliphatic heterocycles. The molecule has 3 rings (SSSR count). The number of hydrogen-bond donors (Lipinski definition) is 1. The van der Waals surface area contributed by atoms with E-state index in [9.17, 15) is 0 Å². The Bertz CT molecular complexity index is 317. The predicted octanol–water partition coefficient (Wildman–Crippen LogP) is 0.578. The first-order chi connectivity index (χ1) is 9.14. The van der Waals surface area contributed by atoms with Gasteiger partial charge in [-0.2, -0.15) is 0 Å². The Labute approximate surface area is 117 Å². The highest BCUT2D eigenvalue weighted by Gasteiger charge is 2.47. The third-order valence-corrected chi connectivity index (χ3v) is 5.46. The molecule has 0 radical (unpaired) electrons. The topological polar surface area (TPSA) is 35.7 Å². The largest absolute Gasteiger partial charge is 0.329 e. The fourth-order valence-electron chi connectivity index (χ4n) is 4.23. The maximum absolute atomic E-state index is 6.25. The maximum Gasteiger partial charge on any atom is 0.0474 e. The summed E-state index contributed by atoms with van der Waals surface area (Å²) < 4.78 is 0. The lowest BCUT2D eigenvalue weighted by atomic mass is 9.94. The summed E-state index contributed by atoms with van der Waals surface area (Å²) in [6.07, 6.45) is 5.39. The van der Waals surface area contributed by atoms with Crippen molar-refractivity contribution in [3.05, 3.63) is 0 Å². The molecule has 0 spiro atoms. The summed E-state index contributed by atoms with van der Waals surface area (Å²) in [5, 5.41) is 0. The lowest BCUT2D eigenvalue weighted by Gasteiger charge is -2.44. The Hall–Kier alpha value is -0.160. The van der Waals surface area contributed by atoms with Gasteiger partial charge < -0.3 is 10.6 Å². The first-order valence-electron chi connectivity index (χ1n) is 8.04. The van der Waals surface area contributed by atoms with Gasteiger partial charge in [-0.05, 0) is 46.2 Å². The molecule has 3 aliphatic rings. The van der Waals surface area contributed by atoms with Crippen LogP contribution in [0.25, 0.3) is 0 Å². The molecule has 1 aliphatic carbocycles. The van der Waals surface area contributed by atoms with E-state index >= 15 is 0 Å². The van der Waals surface area contributed by atoms with E-state index in [1.54, 1.807) is 0 Å². The molecule has 0 amide bonds. The lowest BCUT2D eigenvalue weighted by molar-refractivity contribution is 0.0612. The van der Waals surface area contributed by atoms with E-state index in [4.69, 9.17) is 5.73 Å². The molecule has 110 valence electrons. The molecule has 2 unspecified atom stereocenters. The number of likely N-dealkylation sites (N-methyl/N-ethyl adjacent to an activating group) is 1. The SMILES string of the molecule is CC1CN(C)CCCN1C1(CN)CCN(C2CC2)C1. The van der Waals surface area contributed by atoms with Crippen molar-refractivity contribution >= 4 is 0 Å². The van der Waals surface area contributed by atoms with Crippen molar-refractivity contribution in [1.29, 1.82) is 0 Å². The molecular formula is C15H30N4. The lowest BCUT2D eigenvalue weighted by Crippen LogP contribution is -2.59. The van der Waals surface area contributed by atoms with Crippen LogP contribution in [0.5, 0.6) is 0 Å². The van der Waals surface area contributed by atoms with E-state index in [1.165, 1.54) is 58.4 Å². The molecule has 3 fully saturated rings. The average molecular weight is 266 g/mol. The molecule has 4 nitrogen and oxygen atoms in total. The van der Waals surface area contributed by atoms with Gasteiger partial charge in [0.15, 0.2) is 0 Å². The van der Waals surface area contributed by atoms with Crippen molar-refractivity contribution in [3.63, 3.8) is 0 Å². The monoisotopic (exact) mass is 266 g/mol. The highest BCUT2D eigenvalue weighted by molar-refractivity contribution is 5.05. The third-order valence-electron chi connectivity index (χ3n) is 5.46. The number of nitrogens with two attached hydrogens (primary N) is 1. The number of rotatable bonds is 3. The van der Waals surface area contributed by atoms with Crippen LogP contribution in [0.2, 0.25) is 0 Å². The zero-order valence-corrected chi connectivity index (χ0v) is 12.6. The molecular weight excluding hydrogens is 236 g/mol. The minimum absolute atomic E-state index is 0.257. The summed E-state index contributed by atoms with van der Waals surface area (Å²) in [4.78, 5) is 7.93. The van der Waals surface area contributed by atoms with Gasteiger partial charge in [-0.15, -0.1) is 0 Å². The number of hydrogen-bond acceptors (Lipinski definition) is 4. The van der Waals surface area contributed by atoms with Gasteiger partial charge in [0, 0.05) is 50.3 Å². The summed E-state index contributed by atoms with van der Waals surface area (Å²) in [5.74, 6) is 0. The molecule has 2 N–H and O–H groups in total. The van der Waals surface area contributed by atoms with Gasteiger partial charge in [0.05, 0.1) is 0 Å². The van der Waals surface area contributed by atoms with Crippen LogP contribution in [0, 0.1) is 0 Å². The van der Waals surface area contributed by atoms with Gasteiger partial charge in [-0.1, -0.05) is 0 Å².